The molecular weight excluding hydrogens is 220 g/mol. The van der Waals surface area contributed by atoms with Gasteiger partial charge in [0, 0.05) is 11.6 Å². The Bertz CT molecular complexity index is 215. The van der Waals surface area contributed by atoms with Crippen molar-refractivity contribution in [2.24, 2.45) is 5.92 Å². The number of nitrogens with zero attached hydrogens (tertiary/aromatic N) is 1. The first-order valence-corrected chi connectivity index (χ1v) is 8.06. The maximum Gasteiger partial charge on any atom is 0.0308 e. The van der Waals surface area contributed by atoms with Crippen molar-refractivity contribution in [1.29, 1.82) is 0 Å². The number of rotatable bonds is 7. The zero-order chi connectivity index (χ0) is 13.6. The summed E-state index contributed by atoms with van der Waals surface area (Å²) in [6.45, 7) is 15.1. The first-order valence-electron chi connectivity index (χ1n) is 8.06. The highest BCUT2D eigenvalue weighted by Gasteiger charge is 2.38. The van der Waals surface area contributed by atoms with E-state index in [1.807, 2.05) is 0 Å². The Morgan fingerprint density at radius 2 is 1.61 bits per heavy atom. The predicted molar refractivity (Wildman–Crippen MR) is 81.0 cm³/mol. The summed E-state index contributed by atoms with van der Waals surface area (Å²) in [4.78, 5) is 2.62. The van der Waals surface area contributed by atoms with E-state index in [1.165, 1.54) is 32.1 Å². The van der Waals surface area contributed by atoms with E-state index >= 15 is 0 Å². The van der Waals surface area contributed by atoms with Crippen LogP contribution in [0.4, 0.5) is 0 Å². The van der Waals surface area contributed by atoms with Gasteiger partial charge < -0.3 is 5.32 Å². The van der Waals surface area contributed by atoms with Crippen molar-refractivity contribution >= 4 is 0 Å². The summed E-state index contributed by atoms with van der Waals surface area (Å²) in [5.41, 5.74) is 0.265. The lowest BCUT2D eigenvalue weighted by Crippen LogP contribution is -2.60. The van der Waals surface area contributed by atoms with Crippen molar-refractivity contribution < 1.29 is 0 Å². The molecule has 0 heterocycles. The lowest BCUT2D eigenvalue weighted by molar-refractivity contribution is 0.0552. The van der Waals surface area contributed by atoms with Crippen molar-refractivity contribution in [1.82, 2.24) is 10.2 Å². The highest BCUT2D eigenvalue weighted by Crippen LogP contribution is 2.33. The Morgan fingerprint density at radius 3 is 2.06 bits per heavy atom. The quantitative estimate of drug-likeness (QED) is 0.746. The van der Waals surface area contributed by atoms with E-state index in [1.54, 1.807) is 0 Å². The van der Waals surface area contributed by atoms with Crippen LogP contribution in [0.1, 0.15) is 66.7 Å². The van der Waals surface area contributed by atoms with Gasteiger partial charge in [0.05, 0.1) is 0 Å². The minimum Gasteiger partial charge on any atom is -0.312 e. The fourth-order valence-corrected chi connectivity index (χ4v) is 3.92. The van der Waals surface area contributed by atoms with Crippen LogP contribution >= 0.6 is 0 Å². The number of nitrogens with one attached hydrogen (secondary N) is 1. The number of hydrogen-bond acceptors (Lipinski definition) is 2. The van der Waals surface area contributed by atoms with Crippen LogP contribution in [0.2, 0.25) is 0 Å². The normalized spacial score (nSPS) is 20.3. The third-order valence-electron chi connectivity index (χ3n) is 4.88. The Hall–Kier alpha value is -0.0800. The van der Waals surface area contributed by atoms with E-state index in [4.69, 9.17) is 0 Å². The Morgan fingerprint density at radius 1 is 1.06 bits per heavy atom. The van der Waals surface area contributed by atoms with Crippen LogP contribution in [0.25, 0.3) is 0 Å². The van der Waals surface area contributed by atoms with Crippen LogP contribution < -0.4 is 5.32 Å². The van der Waals surface area contributed by atoms with E-state index in [2.05, 4.69) is 44.8 Å². The minimum atomic E-state index is 0.265. The Labute approximate surface area is 115 Å². The maximum atomic E-state index is 3.80. The lowest BCUT2D eigenvalue weighted by Gasteiger charge is -2.48. The molecule has 1 unspecified atom stereocenters. The van der Waals surface area contributed by atoms with Crippen molar-refractivity contribution in [2.75, 3.05) is 19.6 Å². The minimum absolute atomic E-state index is 0.265. The van der Waals surface area contributed by atoms with Crippen LogP contribution in [0, 0.1) is 5.92 Å². The zero-order valence-electron chi connectivity index (χ0n) is 13.3. The van der Waals surface area contributed by atoms with Crippen LogP contribution in [0.5, 0.6) is 0 Å². The number of likely N-dealkylation sites (N-methyl/N-ethyl adjacent to an activating group) is 2. The van der Waals surface area contributed by atoms with Crippen molar-refractivity contribution in [2.45, 2.75) is 78.3 Å². The molecule has 0 aliphatic heterocycles. The molecule has 108 valence electrons. The van der Waals surface area contributed by atoms with Gasteiger partial charge in [0.1, 0.15) is 0 Å². The molecular formula is C16H34N2. The smallest absolute Gasteiger partial charge is 0.0308 e. The second-order valence-electron chi connectivity index (χ2n) is 6.26. The van der Waals surface area contributed by atoms with Crippen LogP contribution in [0.15, 0.2) is 0 Å². The van der Waals surface area contributed by atoms with Gasteiger partial charge in [0.2, 0.25) is 0 Å². The van der Waals surface area contributed by atoms with Gasteiger partial charge in [-0.1, -0.05) is 40.0 Å². The second-order valence-corrected chi connectivity index (χ2v) is 6.26. The average Bonchev–Trinajstić information content (AvgIpc) is 2.38. The molecule has 2 heteroatoms. The summed E-state index contributed by atoms with van der Waals surface area (Å²) in [5, 5.41) is 3.80. The van der Waals surface area contributed by atoms with E-state index in [9.17, 15) is 0 Å². The van der Waals surface area contributed by atoms with Gasteiger partial charge in [-0.05, 0) is 52.2 Å². The molecule has 1 rings (SSSR count). The molecule has 0 amide bonds. The predicted octanol–water partition coefficient (Wildman–Crippen LogP) is 3.67. The van der Waals surface area contributed by atoms with Crippen LogP contribution in [-0.4, -0.2) is 36.1 Å². The van der Waals surface area contributed by atoms with E-state index in [0.717, 1.165) is 25.6 Å². The van der Waals surface area contributed by atoms with Crippen LogP contribution in [0.3, 0.4) is 0 Å². The fraction of sp³-hybridized carbons (Fsp3) is 1.00. The molecule has 1 aliphatic carbocycles. The Kier molecular flexibility index (Phi) is 6.65. The zero-order valence-corrected chi connectivity index (χ0v) is 13.3. The molecule has 1 N–H and O–H groups in total. The molecule has 1 aliphatic rings. The summed E-state index contributed by atoms with van der Waals surface area (Å²) in [7, 11) is 0. The first kappa shape index (κ1) is 16.0. The third kappa shape index (κ3) is 3.71. The van der Waals surface area contributed by atoms with E-state index < -0.39 is 0 Å². The lowest BCUT2D eigenvalue weighted by atomic mass is 9.75. The molecule has 2 nitrogen and oxygen atoms in total. The largest absolute Gasteiger partial charge is 0.312 e. The molecule has 1 saturated carbocycles. The first-order chi connectivity index (χ1) is 8.57. The topological polar surface area (TPSA) is 15.3 Å². The molecule has 1 atom stereocenters. The third-order valence-corrected chi connectivity index (χ3v) is 4.88. The van der Waals surface area contributed by atoms with Gasteiger partial charge >= 0.3 is 0 Å². The Balaban J connectivity index is 2.80. The molecule has 0 spiro atoms. The molecule has 0 aromatic heterocycles. The van der Waals surface area contributed by atoms with Gasteiger partial charge in [0.15, 0.2) is 0 Å². The monoisotopic (exact) mass is 254 g/mol. The second kappa shape index (κ2) is 7.49. The highest BCUT2D eigenvalue weighted by molar-refractivity contribution is 4.97. The molecule has 0 aromatic rings. The van der Waals surface area contributed by atoms with Crippen LogP contribution in [-0.2, 0) is 0 Å². The van der Waals surface area contributed by atoms with Gasteiger partial charge in [0.25, 0.3) is 0 Å². The summed E-state index contributed by atoms with van der Waals surface area (Å²) in [5.74, 6) is 0.870. The summed E-state index contributed by atoms with van der Waals surface area (Å²) >= 11 is 0. The van der Waals surface area contributed by atoms with Crippen molar-refractivity contribution in [3.05, 3.63) is 0 Å². The molecule has 0 bridgehead atoms. The molecule has 0 saturated heterocycles. The highest BCUT2D eigenvalue weighted by atomic mass is 15.2. The fourth-order valence-electron chi connectivity index (χ4n) is 3.92. The van der Waals surface area contributed by atoms with E-state index in [-0.39, 0.29) is 5.54 Å². The average molecular weight is 254 g/mol. The SMILES string of the molecule is CCNC(C1CCCCC1)C(C)(C)N(CC)CC. The van der Waals surface area contributed by atoms with Gasteiger partial charge in [-0.25, -0.2) is 0 Å². The summed E-state index contributed by atoms with van der Waals surface area (Å²) in [6.07, 6.45) is 7.15. The van der Waals surface area contributed by atoms with Crippen molar-refractivity contribution in [3.63, 3.8) is 0 Å². The van der Waals surface area contributed by atoms with Gasteiger partial charge in [-0.15, -0.1) is 0 Å². The van der Waals surface area contributed by atoms with Crippen molar-refractivity contribution in [3.8, 4) is 0 Å². The van der Waals surface area contributed by atoms with Gasteiger partial charge in [-0.2, -0.15) is 0 Å². The molecule has 18 heavy (non-hydrogen) atoms. The molecule has 0 aromatic carbocycles. The van der Waals surface area contributed by atoms with E-state index in [0.29, 0.717) is 6.04 Å². The molecule has 0 radical (unpaired) electrons. The summed E-state index contributed by atoms with van der Waals surface area (Å²) in [6, 6.07) is 0.641. The van der Waals surface area contributed by atoms with Gasteiger partial charge in [-0.3, -0.25) is 4.90 Å². The standard InChI is InChI=1S/C16H34N2/c1-6-17-15(14-12-10-9-11-13-14)16(4,5)18(7-2)8-3/h14-15,17H,6-13H2,1-5H3. The molecule has 1 fully saturated rings. The maximum absolute atomic E-state index is 3.80. The number of hydrogen-bond donors (Lipinski definition) is 1. The summed E-state index contributed by atoms with van der Waals surface area (Å²) < 4.78 is 0.